The van der Waals surface area contributed by atoms with Gasteiger partial charge in [-0.15, -0.1) is 0 Å². The summed E-state index contributed by atoms with van der Waals surface area (Å²) in [5.41, 5.74) is 0.918. The molecule has 1 aromatic carbocycles. The van der Waals surface area contributed by atoms with E-state index in [1.165, 1.54) is 6.26 Å². The minimum absolute atomic E-state index is 0.315. The van der Waals surface area contributed by atoms with Gasteiger partial charge in [0.1, 0.15) is 0 Å². The Hall–Kier alpha value is -0.845. The molecule has 1 aromatic rings. The van der Waals surface area contributed by atoms with Gasteiger partial charge in [0, 0.05) is 6.26 Å². The number of rotatable bonds is 2. The van der Waals surface area contributed by atoms with Crippen LogP contribution in [0, 0.1) is 6.92 Å². The Kier molecular flexibility index (Phi) is 3.56. The average Bonchev–Trinajstić information content (AvgIpc) is 2.46. The number of hydrogen-bond acceptors (Lipinski definition) is 4. The summed E-state index contributed by atoms with van der Waals surface area (Å²) in [6.45, 7) is 9.84. The summed E-state index contributed by atoms with van der Waals surface area (Å²) in [7, 11) is -3.66. The highest BCUT2D eigenvalue weighted by molar-refractivity contribution is 7.90. The van der Waals surface area contributed by atoms with Crippen LogP contribution in [0.4, 0.5) is 0 Å². The van der Waals surface area contributed by atoms with Gasteiger partial charge in [-0.1, -0.05) is 11.6 Å². The van der Waals surface area contributed by atoms with Crippen molar-refractivity contribution in [3.8, 4) is 0 Å². The zero-order chi connectivity index (χ0) is 15.3. The maximum absolute atomic E-state index is 11.6. The molecule has 1 heterocycles. The second-order valence-electron chi connectivity index (χ2n) is 6.38. The minimum Gasteiger partial charge on any atom is -0.399 e. The highest BCUT2D eigenvalue weighted by atomic mass is 32.2. The molecule has 0 radical (unpaired) electrons. The fourth-order valence-corrected chi connectivity index (χ4v) is 2.82. The summed E-state index contributed by atoms with van der Waals surface area (Å²) in [5.74, 6) is 0. The first kappa shape index (κ1) is 15.5. The second-order valence-corrected chi connectivity index (χ2v) is 8.39. The summed E-state index contributed by atoms with van der Waals surface area (Å²) >= 11 is 0. The van der Waals surface area contributed by atoms with E-state index in [-0.39, 0.29) is 0 Å². The third-order valence-electron chi connectivity index (χ3n) is 4.18. The zero-order valence-corrected chi connectivity index (χ0v) is 13.7. The largest absolute Gasteiger partial charge is 0.495 e. The van der Waals surface area contributed by atoms with Crippen LogP contribution in [0.25, 0.3) is 0 Å². The van der Waals surface area contributed by atoms with Crippen molar-refractivity contribution in [3.05, 3.63) is 23.8 Å². The van der Waals surface area contributed by atoms with Crippen LogP contribution in [0.3, 0.4) is 0 Å². The second kappa shape index (κ2) is 4.58. The van der Waals surface area contributed by atoms with Gasteiger partial charge >= 0.3 is 7.12 Å². The van der Waals surface area contributed by atoms with Crippen molar-refractivity contribution in [2.45, 2.75) is 50.7 Å². The Bertz CT molecular complexity index is 619. The van der Waals surface area contributed by atoms with Crippen molar-refractivity contribution < 1.29 is 17.7 Å². The predicted molar refractivity (Wildman–Crippen MR) is 80.0 cm³/mol. The number of hydrogen-bond donors (Lipinski definition) is 0. The summed E-state index contributed by atoms with van der Waals surface area (Å²) in [6, 6.07) is 5.03. The minimum atomic E-state index is -3.19. The van der Waals surface area contributed by atoms with Crippen molar-refractivity contribution in [3.63, 3.8) is 0 Å². The molecule has 0 spiro atoms. The highest BCUT2D eigenvalue weighted by Crippen LogP contribution is 2.36. The third-order valence-corrected chi connectivity index (χ3v) is 5.29. The smallest absolute Gasteiger partial charge is 0.399 e. The first-order valence-corrected chi connectivity index (χ1v) is 8.49. The maximum Gasteiger partial charge on any atom is 0.495 e. The number of sulfone groups is 1. The standard InChI is InChI=1S/C14H21BO4S/c1-10-9-11(20(6,16)17)7-8-12(10)15-18-13(2,3)14(4,5)19-15/h7-9H,1-6H3. The molecule has 110 valence electrons. The Morgan fingerprint density at radius 3 is 1.95 bits per heavy atom. The molecule has 0 aromatic heterocycles. The zero-order valence-electron chi connectivity index (χ0n) is 12.9. The SMILES string of the molecule is Cc1cc(S(C)(=O)=O)ccc1B1OC(C)(C)C(C)(C)O1. The topological polar surface area (TPSA) is 52.6 Å². The van der Waals surface area contributed by atoms with E-state index >= 15 is 0 Å². The van der Waals surface area contributed by atoms with Crippen LogP contribution in [0.2, 0.25) is 0 Å². The van der Waals surface area contributed by atoms with E-state index < -0.39 is 28.2 Å². The Labute approximate surface area is 121 Å². The van der Waals surface area contributed by atoms with Gasteiger partial charge in [0.15, 0.2) is 9.84 Å². The van der Waals surface area contributed by atoms with Crippen molar-refractivity contribution in [2.24, 2.45) is 0 Å². The molecule has 20 heavy (non-hydrogen) atoms. The third kappa shape index (κ3) is 2.64. The number of aryl methyl sites for hydroxylation is 1. The van der Waals surface area contributed by atoms with Crippen LogP contribution < -0.4 is 5.46 Å². The van der Waals surface area contributed by atoms with Crippen molar-refractivity contribution in [1.82, 2.24) is 0 Å². The lowest BCUT2D eigenvalue weighted by Crippen LogP contribution is -2.41. The Balaban J connectivity index is 2.37. The lowest BCUT2D eigenvalue weighted by Gasteiger charge is -2.32. The van der Waals surface area contributed by atoms with Crippen molar-refractivity contribution in [1.29, 1.82) is 0 Å². The Morgan fingerprint density at radius 1 is 1.05 bits per heavy atom. The van der Waals surface area contributed by atoms with E-state index in [2.05, 4.69) is 0 Å². The van der Waals surface area contributed by atoms with Crippen LogP contribution in [-0.4, -0.2) is 33.0 Å². The van der Waals surface area contributed by atoms with E-state index in [1.54, 1.807) is 18.2 Å². The van der Waals surface area contributed by atoms with Gasteiger partial charge in [0.05, 0.1) is 16.1 Å². The van der Waals surface area contributed by atoms with Crippen LogP contribution >= 0.6 is 0 Å². The lowest BCUT2D eigenvalue weighted by molar-refractivity contribution is 0.00578. The normalized spacial score (nSPS) is 21.2. The summed E-state index contributed by atoms with van der Waals surface area (Å²) in [6.07, 6.45) is 1.20. The van der Waals surface area contributed by atoms with Crippen LogP contribution in [-0.2, 0) is 19.1 Å². The molecule has 1 fully saturated rings. The van der Waals surface area contributed by atoms with E-state index in [1.807, 2.05) is 34.6 Å². The first-order valence-electron chi connectivity index (χ1n) is 6.60. The molecule has 2 rings (SSSR count). The molecule has 0 bridgehead atoms. The molecular formula is C14H21BO4S. The van der Waals surface area contributed by atoms with Gasteiger partial charge in [-0.25, -0.2) is 8.42 Å². The molecule has 0 saturated carbocycles. The highest BCUT2D eigenvalue weighted by Gasteiger charge is 2.52. The van der Waals surface area contributed by atoms with E-state index in [9.17, 15) is 8.42 Å². The van der Waals surface area contributed by atoms with Crippen LogP contribution in [0.5, 0.6) is 0 Å². The van der Waals surface area contributed by atoms with E-state index in [4.69, 9.17) is 9.31 Å². The molecule has 4 nitrogen and oxygen atoms in total. The summed E-state index contributed by atoms with van der Waals surface area (Å²) in [4.78, 5) is 0.315. The molecule has 0 unspecified atom stereocenters. The van der Waals surface area contributed by atoms with Crippen LogP contribution in [0.1, 0.15) is 33.3 Å². The van der Waals surface area contributed by atoms with Gasteiger partial charge in [0.2, 0.25) is 0 Å². The van der Waals surface area contributed by atoms with Gasteiger partial charge in [-0.2, -0.15) is 0 Å². The monoisotopic (exact) mass is 296 g/mol. The van der Waals surface area contributed by atoms with E-state index in [0.717, 1.165) is 11.0 Å². The summed E-state index contributed by atoms with van der Waals surface area (Å²) < 4.78 is 35.1. The quantitative estimate of drug-likeness (QED) is 0.779. The summed E-state index contributed by atoms with van der Waals surface area (Å²) in [5, 5.41) is 0. The predicted octanol–water partition coefficient (Wildman–Crippen LogP) is 1.70. The van der Waals surface area contributed by atoms with Crippen molar-refractivity contribution in [2.75, 3.05) is 6.26 Å². The molecule has 0 atom stereocenters. The first-order chi connectivity index (χ1) is 8.94. The Morgan fingerprint density at radius 2 is 1.55 bits per heavy atom. The lowest BCUT2D eigenvalue weighted by atomic mass is 9.76. The fraction of sp³-hybridized carbons (Fsp3) is 0.571. The average molecular weight is 296 g/mol. The number of benzene rings is 1. The fourth-order valence-electron chi connectivity index (χ4n) is 2.11. The van der Waals surface area contributed by atoms with Crippen LogP contribution in [0.15, 0.2) is 23.1 Å². The molecule has 1 aliphatic rings. The maximum atomic E-state index is 11.6. The van der Waals surface area contributed by atoms with Crippen molar-refractivity contribution >= 4 is 22.4 Å². The van der Waals surface area contributed by atoms with Gasteiger partial charge < -0.3 is 9.31 Å². The molecule has 1 saturated heterocycles. The molecule has 0 N–H and O–H groups in total. The molecular weight excluding hydrogens is 275 g/mol. The molecule has 0 aliphatic carbocycles. The molecule has 0 amide bonds. The molecule has 6 heteroatoms. The molecule has 1 aliphatic heterocycles. The van der Waals surface area contributed by atoms with Gasteiger partial charge in [-0.3, -0.25) is 0 Å². The van der Waals surface area contributed by atoms with Gasteiger partial charge in [-0.05, 0) is 52.2 Å². The van der Waals surface area contributed by atoms with E-state index in [0.29, 0.717) is 4.90 Å². The van der Waals surface area contributed by atoms with Gasteiger partial charge in [0.25, 0.3) is 0 Å².